The number of aryl methyl sites for hydroxylation is 1. The summed E-state index contributed by atoms with van der Waals surface area (Å²) in [5.74, 6) is 0.169. The van der Waals surface area contributed by atoms with E-state index in [9.17, 15) is 14.4 Å². The average molecular weight is 566 g/mol. The predicted octanol–water partition coefficient (Wildman–Crippen LogP) is 2.02. The summed E-state index contributed by atoms with van der Waals surface area (Å²) < 4.78 is 3.11. The Morgan fingerprint density at radius 2 is 1.81 bits per heavy atom. The molecular weight excluding hydrogens is 534 g/mol. The molecule has 1 atom stereocenters. The Morgan fingerprint density at radius 1 is 0.952 bits per heavy atom. The van der Waals surface area contributed by atoms with E-state index in [1.54, 1.807) is 11.6 Å². The van der Waals surface area contributed by atoms with Gasteiger partial charge < -0.3 is 4.90 Å². The summed E-state index contributed by atoms with van der Waals surface area (Å²) >= 11 is 0. The number of piperazine rings is 1. The van der Waals surface area contributed by atoms with Crippen molar-refractivity contribution in [2.45, 2.75) is 25.3 Å². The number of amides is 2. The summed E-state index contributed by atoms with van der Waals surface area (Å²) in [5, 5.41) is 10.6. The van der Waals surface area contributed by atoms with Crippen LogP contribution in [0, 0.1) is 0 Å². The fourth-order valence-electron chi connectivity index (χ4n) is 6.01. The number of imidazole rings is 1. The molecule has 0 bridgehead atoms. The molecule has 0 radical (unpaired) electrons. The monoisotopic (exact) mass is 565 g/mol. The van der Waals surface area contributed by atoms with Gasteiger partial charge in [0, 0.05) is 63.3 Å². The Morgan fingerprint density at radius 3 is 2.60 bits per heavy atom. The van der Waals surface area contributed by atoms with Crippen LogP contribution in [0.15, 0.2) is 59.8 Å². The summed E-state index contributed by atoms with van der Waals surface area (Å²) in [4.78, 5) is 51.2. The van der Waals surface area contributed by atoms with Gasteiger partial charge in [-0.05, 0) is 36.6 Å². The Labute approximate surface area is 241 Å². The van der Waals surface area contributed by atoms with Crippen molar-refractivity contribution in [1.29, 1.82) is 0 Å². The number of imide groups is 1. The molecule has 2 aliphatic heterocycles. The summed E-state index contributed by atoms with van der Waals surface area (Å²) in [6, 6.07) is 11.4. The minimum absolute atomic E-state index is 0.228. The van der Waals surface area contributed by atoms with E-state index >= 15 is 0 Å². The second-order valence-electron chi connectivity index (χ2n) is 11.0. The number of anilines is 1. The van der Waals surface area contributed by atoms with Crippen LogP contribution >= 0.6 is 0 Å². The maximum Gasteiger partial charge on any atom is 0.329 e. The number of hydrogen-bond donors (Lipinski definition) is 2. The van der Waals surface area contributed by atoms with Crippen LogP contribution in [-0.2, 0) is 23.1 Å². The first-order valence-electron chi connectivity index (χ1n) is 14.2. The normalized spacial score (nSPS) is 18.2. The summed E-state index contributed by atoms with van der Waals surface area (Å²) in [6.45, 7) is 4.49. The average Bonchev–Trinajstić information content (AvgIpc) is 3.58. The molecule has 2 saturated heterocycles. The Kier molecular flexibility index (Phi) is 6.54. The minimum atomic E-state index is -0.673. The molecule has 0 aliphatic carbocycles. The fourth-order valence-corrected chi connectivity index (χ4v) is 6.01. The van der Waals surface area contributed by atoms with Gasteiger partial charge in [-0.3, -0.25) is 39.0 Å². The van der Waals surface area contributed by atoms with Crippen LogP contribution in [0.3, 0.4) is 0 Å². The zero-order valence-electron chi connectivity index (χ0n) is 23.3. The first kappa shape index (κ1) is 26.1. The lowest BCUT2D eigenvalue weighted by atomic mass is 10.1. The van der Waals surface area contributed by atoms with E-state index in [2.05, 4.69) is 30.3 Å². The van der Waals surface area contributed by atoms with Crippen molar-refractivity contribution in [3.8, 4) is 11.3 Å². The van der Waals surface area contributed by atoms with E-state index in [0.29, 0.717) is 11.9 Å². The van der Waals surface area contributed by atoms with Gasteiger partial charge in [0.05, 0.1) is 34.6 Å². The van der Waals surface area contributed by atoms with Crippen LogP contribution in [0.1, 0.15) is 24.4 Å². The summed E-state index contributed by atoms with van der Waals surface area (Å²) in [5.41, 5.74) is 5.11. The molecule has 0 saturated carbocycles. The molecule has 42 heavy (non-hydrogen) atoms. The lowest BCUT2D eigenvalue weighted by Crippen LogP contribution is -2.47. The van der Waals surface area contributed by atoms with Gasteiger partial charge in [-0.2, -0.15) is 5.10 Å². The lowest BCUT2D eigenvalue weighted by molar-refractivity contribution is -0.135. The van der Waals surface area contributed by atoms with Gasteiger partial charge in [0.2, 0.25) is 11.8 Å². The van der Waals surface area contributed by atoms with Crippen molar-refractivity contribution in [3.05, 3.63) is 71.0 Å². The third kappa shape index (κ3) is 4.73. The molecular formula is C30H31N9O3. The smallest absolute Gasteiger partial charge is 0.329 e. The minimum Gasteiger partial charge on any atom is -0.353 e. The number of aromatic amines is 1. The molecule has 12 nitrogen and oxygen atoms in total. The van der Waals surface area contributed by atoms with Crippen molar-refractivity contribution in [1.82, 2.24) is 39.5 Å². The number of rotatable bonds is 6. The number of fused-ring (bicyclic) bond motifs is 2. The van der Waals surface area contributed by atoms with E-state index in [-0.39, 0.29) is 18.0 Å². The third-order valence-electron chi connectivity index (χ3n) is 8.46. The van der Waals surface area contributed by atoms with Crippen LogP contribution in [0.2, 0.25) is 0 Å². The number of hydrogen-bond acceptors (Lipinski definition) is 8. The quantitative estimate of drug-likeness (QED) is 0.299. The highest BCUT2D eigenvalue weighted by molar-refractivity contribution is 6.00. The van der Waals surface area contributed by atoms with E-state index in [1.807, 2.05) is 55.0 Å². The van der Waals surface area contributed by atoms with Crippen LogP contribution in [0.5, 0.6) is 0 Å². The van der Waals surface area contributed by atoms with E-state index in [4.69, 9.17) is 4.98 Å². The van der Waals surface area contributed by atoms with Crippen molar-refractivity contribution < 1.29 is 9.59 Å². The molecule has 1 unspecified atom stereocenters. The molecule has 214 valence electrons. The number of nitrogens with one attached hydrogen (secondary N) is 2. The molecule has 2 fully saturated rings. The van der Waals surface area contributed by atoms with Crippen LogP contribution in [0.25, 0.3) is 33.2 Å². The molecule has 7 rings (SSSR count). The van der Waals surface area contributed by atoms with Crippen molar-refractivity contribution in [3.63, 3.8) is 0 Å². The number of piperidine rings is 1. The Balaban J connectivity index is 0.972. The Bertz CT molecular complexity index is 1860. The topological polar surface area (TPSA) is 134 Å². The maximum absolute atomic E-state index is 13.0. The van der Waals surface area contributed by atoms with E-state index in [0.717, 1.165) is 78.2 Å². The SMILES string of the molecule is Cn1c(=O)n(C2CCC(=O)NC2=O)c2ccc(CCN3CCN(c4cnc(-c5ccc6c[nH]nc6c5)cn4)CC3)cc21. The van der Waals surface area contributed by atoms with Gasteiger partial charge in [-0.25, -0.2) is 9.78 Å². The van der Waals surface area contributed by atoms with Crippen molar-refractivity contribution in [2.75, 3.05) is 37.6 Å². The zero-order chi connectivity index (χ0) is 28.8. The van der Waals surface area contributed by atoms with Crippen LogP contribution in [-0.4, -0.2) is 78.7 Å². The first-order valence-corrected chi connectivity index (χ1v) is 14.2. The number of carbonyl (C=O) groups excluding carboxylic acids is 2. The molecule has 2 aromatic carbocycles. The molecule has 3 aromatic heterocycles. The highest BCUT2D eigenvalue weighted by Crippen LogP contribution is 2.25. The maximum atomic E-state index is 13.0. The number of carbonyl (C=O) groups is 2. The molecule has 2 N–H and O–H groups in total. The number of nitrogens with zero attached hydrogens (tertiary/aromatic N) is 7. The third-order valence-corrected chi connectivity index (χ3v) is 8.46. The second-order valence-corrected chi connectivity index (χ2v) is 11.0. The first-order chi connectivity index (χ1) is 20.4. The van der Waals surface area contributed by atoms with Crippen molar-refractivity contribution in [2.24, 2.45) is 7.05 Å². The molecule has 2 amide bonds. The van der Waals surface area contributed by atoms with E-state index < -0.39 is 11.9 Å². The number of aromatic nitrogens is 6. The van der Waals surface area contributed by atoms with Gasteiger partial charge in [0.1, 0.15) is 11.9 Å². The van der Waals surface area contributed by atoms with Gasteiger partial charge in [-0.1, -0.05) is 18.2 Å². The van der Waals surface area contributed by atoms with Crippen molar-refractivity contribution >= 4 is 39.6 Å². The molecule has 5 aromatic rings. The van der Waals surface area contributed by atoms with Gasteiger partial charge in [0.25, 0.3) is 0 Å². The molecule has 12 heteroatoms. The lowest BCUT2D eigenvalue weighted by Gasteiger charge is -2.35. The second kappa shape index (κ2) is 10.5. The van der Waals surface area contributed by atoms with Gasteiger partial charge in [0.15, 0.2) is 0 Å². The van der Waals surface area contributed by atoms with Crippen LogP contribution < -0.4 is 15.9 Å². The van der Waals surface area contributed by atoms with Gasteiger partial charge >= 0.3 is 5.69 Å². The number of H-pyrrole nitrogens is 1. The highest BCUT2D eigenvalue weighted by Gasteiger charge is 2.31. The number of benzene rings is 2. The van der Waals surface area contributed by atoms with Gasteiger partial charge in [-0.15, -0.1) is 0 Å². The Hall–Kier alpha value is -4.84. The fraction of sp³-hybridized carbons (Fsp3) is 0.333. The van der Waals surface area contributed by atoms with E-state index in [1.165, 1.54) is 4.57 Å². The van der Waals surface area contributed by atoms with Crippen LogP contribution in [0.4, 0.5) is 5.82 Å². The summed E-state index contributed by atoms with van der Waals surface area (Å²) in [6.07, 6.45) is 6.95. The molecule has 2 aliphatic rings. The standard InChI is InChI=1S/C30H31N9O3/c1-36-26-14-19(2-5-24(26)39(30(36)42)25-6-7-28(40)34-29(25)41)8-9-37-10-12-38(13-11-37)27-18-31-23(17-32-27)20-3-4-21-16-33-35-22(21)15-20/h2-5,14-18,25H,6-13H2,1H3,(H,33,35)(H,34,40,41). The highest BCUT2D eigenvalue weighted by atomic mass is 16.2. The summed E-state index contributed by atoms with van der Waals surface area (Å²) in [7, 11) is 1.73. The predicted molar refractivity (Wildman–Crippen MR) is 158 cm³/mol. The molecule has 5 heterocycles. The molecule has 0 spiro atoms. The zero-order valence-corrected chi connectivity index (χ0v) is 23.3. The largest absolute Gasteiger partial charge is 0.353 e.